The molecule has 4 aromatic rings. The zero-order chi connectivity index (χ0) is 25.8. The van der Waals surface area contributed by atoms with E-state index in [0.29, 0.717) is 29.1 Å². The van der Waals surface area contributed by atoms with E-state index in [4.69, 9.17) is 16.3 Å². The summed E-state index contributed by atoms with van der Waals surface area (Å²) < 4.78 is 5.85. The molecule has 0 heterocycles. The van der Waals surface area contributed by atoms with Crippen LogP contribution in [0, 0.1) is 0 Å². The van der Waals surface area contributed by atoms with Crippen LogP contribution in [-0.4, -0.2) is 28.8 Å². The van der Waals surface area contributed by atoms with Crippen LogP contribution in [0.4, 0.5) is 0 Å². The molecular weight excluding hydrogens is 521 g/mol. The highest BCUT2D eigenvalue weighted by atomic mass is 35.5. The summed E-state index contributed by atoms with van der Waals surface area (Å²) in [5.74, 6) is 0.148. The van der Waals surface area contributed by atoms with Crippen LogP contribution in [0.3, 0.4) is 0 Å². The van der Waals surface area contributed by atoms with Crippen LogP contribution in [0.1, 0.15) is 39.6 Å². The number of aromatic carboxylic acids is 1. The molecule has 0 aliphatic heterocycles. The number of fused-ring (bicyclic) bond motifs is 1. The molecule has 0 aromatic heterocycles. The summed E-state index contributed by atoms with van der Waals surface area (Å²) >= 11 is 6.06. The van der Waals surface area contributed by atoms with Crippen molar-refractivity contribution in [3.05, 3.63) is 118 Å². The molecule has 0 radical (unpaired) electrons. The van der Waals surface area contributed by atoms with Crippen molar-refractivity contribution in [1.82, 2.24) is 5.32 Å². The van der Waals surface area contributed by atoms with E-state index in [1.165, 1.54) is 23.3 Å². The third kappa shape index (κ3) is 6.74. The van der Waals surface area contributed by atoms with Gasteiger partial charge in [-0.2, -0.15) is 0 Å². The quantitative estimate of drug-likeness (QED) is 0.218. The first kappa shape index (κ1) is 27.7. The van der Waals surface area contributed by atoms with Gasteiger partial charge in [0.05, 0.1) is 11.7 Å². The Labute approximate surface area is 233 Å². The van der Waals surface area contributed by atoms with Crippen LogP contribution in [0.2, 0.25) is 5.02 Å². The van der Waals surface area contributed by atoms with Crippen molar-refractivity contribution in [3.63, 3.8) is 0 Å². The van der Waals surface area contributed by atoms with Crippen molar-refractivity contribution in [2.75, 3.05) is 6.54 Å². The summed E-state index contributed by atoms with van der Waals surface area (Å²) in [5, 5.41) is 23.9. The molecule has 5 nitrogen and oxygen atoms in total. The fourth-order valence-corrected chi connectivity index (χ4v) is 4.96. The van der Waals surface area contributed by atoms with E-state index in [9.17, 15) is 15.0 Å². The molecule has 0 amide bonds. The molecule has 1 aliphatic carbocycles. The summed E-state index contributed by atoms with van der Waals surface area (Å²) in [6.07, 6.45) is 2.35. The highest BCUT2D eigenvalue weighted by Crippen LogP contribution is 2.30. The lowest BCUT2D eigenvalue weighted by Gasteiger charge is -2.27. The van der Waals surface area contributed by atoms with Crippen molar-refractivity contribution in [2.45, 2.75) is 31.4 Å². The third-order valence-electron chi connectivity index (χ3n) is 6.77. The van der Waals surface area contributed by atoms with Gasteiger partial charge in [-0.25, -0.2) is 4.79 Å². The van der Waals surface area contributed by atoms with Gasteiger partial charge in [0, 0.05) is 17.6 Å². The second-order valence-electron chi connectivity index (χ2n) is 9.36. The number of rotatable bonds is 8. The monoisotopic (exact) mass is 549 g/mol. The number of ether oxygens (including phenoxy) is 1. The van der Waals surface area contributed by atoms with E-state index in [1.54, 1.807) is 18.2 Å². The van der Waals surface area contributed by atoms with E-state index < -0.39 is 12.1 Å². The molecule has 5 rings (SSSR count). The maximum atomic E-state index is 11.2. The molecule has 0 spiro atoms. The summed E-state index contributed by atoms with van der Waals surface area (Å²) in [4.78, 5) is 11.2. The van der Waals surface area contributed by atoms with E-state index in [2.05, 4.69) is 23.5 Å². The summed E-state index contributed by atoms with van der Waals surface area (Å²) in [5.41, 5.74) is 5.92. The summed E-state index contributed by atoms with van der Waals surface area (Å²) in [6.45, 7) is 0.483. The lowest BCUT2D eigenvalue weighted by molar-refractivity contribution is 0.0696. The van der Waals surface area contributed by atoms with E-state index in [0.717, 1.165) is 36.0 Å². The Morgan fingerprint density at radius 2 is 1.68 bits per heavy atom. The number of benzene rings is 4. The van der Waals surface area contributed by atoms with Gasteiger partial charge in [0.2, 0.25) is 0 Å². The van der Waals surface area contributed by atoms with E-state index in [-0.39, 0.29) is 18.0 Å². The molecule has 2 atom stereocenters. The molecule has 0 unspecified atom stereocenters. The topological polar surface area (TPSA) is 78.8 Å². The Morgan fingerprint density at radius 3 is 2.45 bits per heavy atom. The molecule has 4 aromatic carbocycles. The Bertz CT molecular complexity index is 1410. The van der Waals surface area contributed by atoms with E-state index >= 15 is 0 Å². The fraction of sp³-hybridized carbons (Fsp3) is 0.194. The van der Waals surface area contributed by atoms with Crippen molar-refractivity contribution in [1.29, 1.82) is 0 Å². The minimum absolute atomic E-state index is 0. The molecule has 0 fully saturated rings. The number of hydrogen-bond donors (Lipinski definition) is 3. The summed E-state index contributed by atoms with van der Waals surface area (Å²) in [6, 6.07) is 28.5. The lowest BCUT2D eigenvalue weighted by atomic mass is 9.86. The Hall–Kier alpha value is -3.35. The standard InChI is InChI=1S/C31H28ClNO4.ClH/c32-26-5-1-3-23(16-26)30(34)19-33-27-12-9-21-7-8-22(15-25(21)17-27)20-10-13-28(14-11-20)37-29-6-2-4-24(18-29)31(35)36;/h1-8,10-11,13-16,18,27,30,33-34H,9,12,17,19H2,(H,35,36);1H/t27-,30-;/m0./s1. The molecule has 0 bridgehead atoms. The maximum absolute atomic E-state index is 11.2. The first-order valence-electron chi connectivity index (χ1n) is 12.3. The number of aliphatic hydroxyl groups is 1. The van der Waals surface area contributed by atoms with Crippen molar-refractivity contribution < 1.29 is 19.7 Å². The molecule has 1 aliphatic rings. The van der Waals surface area contributed by atoms with Crippen LogP contribution < -0.4 is 10.1 Å². The van der Waals surface area contributed by atoms with Gasteiger partial charge in [-0.05, 0) is 89.5 Å². The maximum Gasteiger partial charge on any atom is 0.335 e. The van der Waals surface area contributed by atoms with Crippen LogP contribution in [-0.2, 0) is 12.8 Å². The SMILES string of the molecule is Cl.O=C(O)c1cccc(Oc2ccc(-c3ccc4c(c3)C[C@@H](NC[C@H](O)c3cccc(Cl)c3)CC4)cc2)c1. The minimum Gasteiger partial charge on any atom is -0.478 e. The highest BCUT2D eigenvalue weighted by Gasteiger charge is 2.20. The number of nitrogens with one attached hydrogen (secondary N) is 1. The molecule has 38 heavy (non-hydrogen) atoms. The molecule has 0 saturated carbocycles. The largest absolute Gasteiger partial charge is 0.478 e. The highest BCUT2D eigenvalue weighted by molar-refractivity contribution is 6.30. The summed E-state index contributed by atoms with van der Waals surface area (Å²) in [7, 11) is 0. The lowest BCUT2D eigenvalue weighted by Crippen LogP contribution is -2.37. The number of halogens is 2. The van der Waals surface area contributed by atoms with Gasteiger partial charge in [-0.15, -0.1) is 12.4 Å². The van der Waals surface area contributed by atoms with Gasteiger partial charge in [0.25, 0.3) is 0 Å². The normalized spacial score (nSPS) is 15.2. The average molecular weight is 550 g/mol. The van der Waals surface area contributed by atoms with Crippen LogP contribution >= 0.6 is 24.0 Å². The van der Waals surface area contributed by atoms with Gasteiger partial charge in [-0.1, -0.05) is 60.1 Å². The fourth-order valence-electron chi connectivity index (χ4n) is 4.77. The zero-order valence-corrected chi connectivity index (χ0v) is 22.2. The first-order valence-corrected chi connectivity index (χ1v) is 12.7. The first-order chi connectivity index (χ1) is 17.9. The van der Waals surface area contributed by atoms with Gasteiger partial charge in [0.15, 0.2) is 0 Å². The van der Waals surface area contributed by atoms with Crippen molar-refractivity contribution in [2.24, 2.45) is 0 Å². The van der Waals surface area contributed by atoms with Crippen molar-refractivity contribution >= 4 is 30.0 Å². The Morgan fingerprint density at radius 1 is 0.921 bits per heavy atom. The minimum atomic E-state index is -0.983. The molecular formula is C31H29Cl2NO4. The molecule has 7 heteroatoms. The second-order valence-corrected chi connectivity index (χ2v) is 9.80. The molecule has 0 saturated heterocycles. The van der Waals surface area contributed by atoms with Gasteiger partial charge in [-0.3, -0.25) is 0 Å². The predicted molar refractivity (Wildman–Crippen MR) is 153 cm³/mol. The number of carboxylic acids is 1. The second kappa shape index (κ2) is 12.5. The smallest absolute Gasteiger partial charge is 0.335 e. The Balaban J connectivity index is 0.00000336. The van der Waals surface area contributed by atoms with Crippen LogP contribution in [0.25, 0.3) is 11.1 Å². The third-order valence-corrected chi connectivity index (χ3v) is 7.01. The Kier molecular flexibility index (Phi) is 9.08. The van der Waals surface area contributed by atoms with Gasteiger partial charge >= 0.3 is 5.97 Å². The molecule has 196 valence electrons. The number of carboxylic acid groups (broad SMARTS) is 1. The van der Waals surface area contributed by atoms with E-state index in [1.807, 2.05) is 42.5 Å². The van der Waals surface area contributed by atoms with Crippen molar-refractivity contribution in [3.8, 4) is 22.6 Å². The van der Waals surface area contributed by atoms with Gasteiger partial charge < -0.3 is 20.3 Å². The number of carbonyl (C=O) groups is 1. The number of aliphatic hydroxyl groups excluding tert-OH is 1. The number of hydrogen-bond acceptors (Lipinski definition) is 4. The van der Waals surface area contributed by atoms with Crippen LogP contribution in [0.15, 0.2) is 91.0 Å². The number of aryl methyl sites for hydroxylation is 1. The molecule has 3 N–H and O–H groups in total. The average Bonchev–Trinajstić information content (AvgIpc) is 2.92. The van der Waals surface area contributed by atoms with Crippen LogP contribution in [0.5, 0.6) is 11.5 Å². The zero-order valence-electron chi connectivity index (χ0n) is 20.6. The van der Waals surface area contributed by atoms with Gasteiger partial charge in [0.1, 0.15) is 11.5 Å². The predicted octanol–water partition coefficient (Wildman–Crippen LogP) is 7.10.